The van der Waals surface area contributed by atoms with Gasteiger partial charge in [0.05, 0.1) is 12.8 Å². The van der Waals surface area contributed by atoms with Gasteiger partial charge in [0.1, 0.15) is 0 Å². The van der Waals surface area contributed by atoms with E-state index in [4.69, 9.17) is 27.9 Å². The molecule has 0 heterocycles. The second kappa shape index (κ2) is 10.4. The van der Waals surface area contributed by atoms with Gasteiger partial charge in [-0.3, -0.25) is 5.43 Å². The zero-order valence-corrected chi connectivity index (χ0v) is 15.8. The largest absolute Gasteiger partial charge is 0.466 e. The Hall–Kier alpha value is -2.83. The molecule has 140 valence electrons. The number of esters is 2. The fraction of sp³-hybridized carbons (Fsp3) is 0.105. The zero-order chi connectivity index (χ0) is 19.6. The van der Waals surface area contributed by atoms with Crippen LogP contribution < -0.4 is 5.43 Å². The van der Waals surface area contributed by atoms with Crippen molar-refractivity contribution in [2.75, 3.05) is 12.5 Å². The number of methoxy groups -OCH3 is 1. The van der Waals surface area contributed by atoms with Gasteiger partial charge < -0.3 is 9.47 Å². The summed E-state index contributed by atoms with van der Waals surface area (Å²) in [6.45, 7) is 0. The standard InChI is InChI=1S/C19H16Cl2N2O4/c1-26-18(24)16(12-7-13-5-3-2-4-6-13)27-19(25)17(21)23-22-15-10-8-14(20)9-11-15/h2-12,16,22H,1H3/b12-7+,23-17+. The lowest BCUT2D eigenvalue weighted by Crippen LogP contribution is -2.29. The third-order valence-electron chi connectivity index (χ3n) is 3.23. The van der Waals surface area contributed by atoms with Crippen molar-refractivity contribution in [1.82, 2.24) is 0 Å². The van der Waals surface area contributed by atoms with Gasteiger partial charge in [0.2, 0.25) is 11.3 Å². The highest BCUT2D eigenvalue weighted by atomic mass is 35.5. The number of halogens is 2. The summed E-state index contributed by atoms with van der Waals surface area (Å²) >= 11 is 11.6. The number of hydrazone groups is 1. The highest BCUT2D eigenvalue weighted by Gasteiger charge is 2.23. The van der Waals surface area contributed by atoms with E-state index in [1.807, 2.05) is 30.3 Å². The summed E-state index contributed by atoms with van der Waals surface area (Å²) in [6, 6.07) is 15.8. The van der Waals surface area contributed by atoms with Crippen LogP contribution in [0.5, 0.6) is 0 Å². The molecule has 2 aromatic rings. The molecule has 1 N–H and O–H groups in total. The molecule has 0 bridgehead atoms. The molecule has 0 spiro atoms. The van der Waals surface area contributed by atoms with E-state index in [1.54, 1.807) is 30.3 Å². The van der Waals surface area contributed by atoms with Crippen molar-refractivity contribution in [3.05, 3.63) is 71.3 Å². The lowest BCUT2D eigenvalue weighted by Gasteiger charge is -2.11. The van der Waals surface area contributed by atoms with Gasteiger partial charge in [-0.05, 0) is 35.9 Å². The van der Waals surface area contributed by atoms with Gasteiger partial charge in [0.25, 0.3) is 0 Å². The van der Waals surface area contributed by atoms with E-state index < -0.39 is 23.2 Å². The number of hydrogen-bond acceptors (Lipinski definition) is 6. The van der Waals surface area contributed by atoms with Crippen LogP contribution in [0, 0.1) is 0 Å². The van der Waals surface area contributed by atoms with Gasteiger partial charge in [-0.2, -0.15) is 5.10 Å². The second-order valence-corrected chi connectivity index (χ2v) is 5.93. The van der Waals surface area contributed by atoms with Gasteiger partial charge in [-0.1, -0.05) is 59.6 Å². The van der Waals surface area contributed by atoms with E-state index >= 15 is 0 Å². The maximum atomic E-state index is 12.1. The molecule has 0 aliphatic rings. The number of ether oxygens (including phenoxy) is 2. The molecular formula is C19H16Cl2N2O4. The van der Waals surface area contributed by atoms with Gasteiger partial charge in [0.15, 0.2) is 0 Å². The first-order valence-corrected chi connectivity index (χ1v) is 8.52. The van der Waals surface area contributed by atoms with Crippen molar-refractivity contribution < 1.29 is 19.1 Å². The fourth-order valence-electron chi connectivity index (χ4n) is 1.89. The molecule has 8 heteroatoms. The number of anilines is 1. The first-order chi connectivity index (χ1) is 13.0. The van der Waals surface area contributed by atoms with Crippen LogP contribution in [0.3, 0.4) is 0 Å². The predicted octanol–water partition coefficient (Wildman–Crippen LogP) is 4.10. The van der Waals surface area contributed by atoms with E-state index in [-0.39, 0.29) is 0 Å². The molecule has 1 unspecified atom stereocenters. The Labute approximate surface area is 166 Å². The minimum absolute atomic E-state index is 0.480. The van der Waals surface area contributed by atoms with Crippen molar-refractivity contribution in [1.29, 1.82) is 0 Å². The van der Waals surface area contributed by atoms with Crippen LogP contribution in [-0.4, -0.2) is 30.3 Å². The number of carbonyl (C=O) groups is 2. The summed E-state index contributed by atoms with van der Waals surface area (Å²) in [7, 11) is 1.19. The molecule has 0 amide bonds. The van der Waals surface area contributed by atoms with Crippen LogP contribution in [0.4, 0.5) is 5.69 Å². The maximum absolute atomic E-state index is 12.1. The average molecular weight is 407 g/mol. The minimum atomic E-state index is -1.26. The Bertz CT molecular complexity index is 837. The molecule has 2 rings (SSSR count). The van der Waals surface area contributed by atoms with Crippen molar-refractivity contribution >= 4 is 52.1 Å². The summed E-state index contributed by atoms with van der Waals surface area (Å²) in [5, 5.41) is 3.80. The Morgan fingerprint density at radius 2 is 1.78 bits per heavy atom. The molecule has 0 aromatic heterocycles. The molecular weight excluding hydrogens is 391 g/mol. The molecule has 0 saturated carbocycles. The van der Waals surface area contributed by atoms with Crippen LogP contribution in [0.25, 0.3) is 6.08 Å². The number of nitrogens with one attached hydrogen (secondary N) is 1. The smallest absolute Gasteiger partial charge is 0.371 e. The fourth-order valence-corrected chi connectivity index (χ4v) is 2.11. The molecule has 0 aliphatic carbocycles. The summed E-state index contributed by atoms with van der Waals surface area (Å²) < 4.78 is 9.71. The summed E-state index contributed by atoms with van der Waals surface area (Å²) in [4.78, 5) is 23.9. The molecule has 0 radical (unpaired) electrons. The first-order valence-electron chi connectivity index (χ1n) is 7.76. The maximum Gasteiger partial charge on any atom is 0.371 e. The highest BCUT2D eigenvalue weighted by Crippen LogP contribution is 2.13. The van der Waals surface area contributed by atoms with Crippen molar-refractivity contribution in [2.45, 2.75) is 6.10 Å². The number of nitrogens with zero attached hydrogens (tertiary/aromatic N) is 1. The van der Waals surface area contributed by atoms with Crippen LogP contribution >= 0.6 is 23.2 Å². The monoisotopic (exact) mass is 406 g/mol. The molecule has 27 heavy (non-hydrogen) atoms. The van der Waals surface area contributed by atoms with Crippen molar-refractivity contribution in [2.24, 2.45) is 5.10 Å². The second-order valence-electron chi connectivity index (χ2n) is 5.14. The van der Waals surface area contributed by atoms with E-state index in [2.05, 4.69) is 15.3 Å². The van der Waals surface area contributed by atoms with E-state index in [1.165, 1.54) is 13.2 Å². The number of rotatable bonds is 7. The van der Waals surface area contributed by atoms with Crippen molar-refractivity contribution in [3.8, 4) is 0 Å². The van der Waals surface area contributed by atoms with Crippen LogP contribution in [0.2, 0.25) is 5.02 Å². The molecule has 0 aliphatic heterocycles. The quantitative estimate of drug-likeness (QED) is 0.425. The minimum Gasteiger partial charge on any atom is -0.466 e. The van der Waals surface area contributed by atoms with Gasteiger partial charge in [-0.25, -0.2) is 9.59 Å². The molecule has 0 fully saturated rings. The van der Waals surface area contributed by atoms with Crippen LogP contribution in [0.1, 0.15) is 5.56 Å². The predicted molar refractivity (Wildman–Crippen MR) is 106 cm³/mol. The van der Waals surface area contributed by atoms with Gasteiger partial charge in [-0.15, -0.1) is 0 Å². The van der Waals surface area contributed by atoms with E-state index in [0.717, 1.165) is 5.56 Å². The summed E-state index contributed by atoms with van der Waals surface area (Å²) in [5.74, 6) is -1.73. The zero-order valence-electron chi connectivity index (χ0n) is 14.3. The summed E-state index contributed by atoms with van der Waals surface area (Å²) in [5.41, 5.74) is 3.98. The Morgan fingerprint density at radius 3 is 2.41 bits per heavy atom. The number of hydrogen-bond donors (Lipinski definition) is 1. The molecule has 2 aromatic carbocycles. The first kappa shape index (κ1) is 20.5. The van der Waals surface area contributed by atoms with Crippen LogP contribution in [-0.2, 0) is 19.1 Å². The van der Waals surface area contributed by atoms with Gasteiger partial charge in [0, 0.05) is 5.02 Å². The number of carbonyl (C=O) groups excluding carboxylic acids is 2. The average Bonchev–Trinajstić information content (AvgIpc) is 2.70. The highest BCUT2D eigenvalue weighted by molar-refractivity contribution is 6.82. The lowest BCUT2D eigenvalue weighted by atomic mass is 10.2. The van der Waals surface area contributed by atoms with Gasteiger partial charge >= 0.3 is 11.9 Å². The summed E-state index contributed by atoms with van der Waals surface area (Å²) in [6.07, 6.45) is 1.77. The Morgan fingerprint density at radius 1 is 1.11 bits per heavy atom. The number of benzene rings is 2. The third-order valence-corrected chi connectivity index (χ3v) is 3.72. The Kier molecular flexibility index (Phi) is 7.85. The Balaban J connectivity index is 2.03. The molecule has 1 atom stereocenters. The molecule has 0 saturated heterocycles. The third kappa shape index (κ3) is 6.77. The normalized spacial score (nSPS) is 12.5. The van der Waals surface area contributed by atoms with E-state index in [9.17, 15) is 9.59 Å². The van der Waals surface area contributed by atoms with E-state index in [0.29, 0.717) is 10.7 Å². The van der Waals surface area contributed by atoms with Crippen LogP contribution in [0.15, 0.2) is 65.8 Å². The van der Waals surface area contributed by atoms with Crippen molar-refractivity contribution in [3.63, 3.8) is 0 Å². The lowest BCUT2D eigenvalue weighted by molar-refractivity contribution is -0.158. The topological polar surface area (TPSA) is 77.0 Å². The SMILES string of the molecule is COC(=O)C(/C=C/c1ccccc1)OC(=O)/C(Cl)=N\Nc1ccc(Cl)cc1. The molecule has 6 nitrogen and oxygen atoms in total.